The van der Waals surface area contributed by atoms with Gasteiger partial charge in [0.1, 0.15) is 0 Å². The molecular formula is C17H28N4O6S. The lowest BCUT2D eigenvalue weighted by Gasteiger charge is -2.29. The van der Waals surface area contributed by atoms with Crippen molar-refractivity contribution in [2.45, 2.75) is 32.7 Å². The van der Waals surface area contributed by atoms with E-state index in [2.05, 4.69) is 14.1 Å². The molecule has 158 valence electrons. The number of carboxylic acids is 2. The van der Waals surface area contributed by atoms with Crippen LogP contribution in [0.5, 0.6) is 5.88 Å². The summed E-state index contributed by atoms with van der Waals surface area (Å²) in [6, 6.07) is 0. The summed E-state index contributed by atoms with van der Waals surface area (Å²) in [5, 5.41) is 21.9. The lowest BCUT2D eigenvalue weighted by molar-refractivity contribution is -0.150. The second kappa shape index (κ2) is 9.99. The van der Waals surface area contributed by atoms with Crippen LogP contribution in [0.4, 0.5) is 5.82 Å². The van der Waals surface area contributed by atoms with E-state index >= 15 is 0 Å². The highest BCUT2D eigenvalue weighted by Crippen LogP contribution is 2.28. The Morgan fingerprint density at radius 2 is 1.96 bits per heavy atom. The minimum absolute atomic E-state index is 0.0239. The van der Waals surface area contributed by atoms with Gasteiger partial charge < -0.3 is 29.9 Å². The van der Waals surface area contributed by atoms with Crippen LogP contribution >= 0.6 is 11.7 Å². The molecule has 11 heteroatoms. The molecule has 0 spiro atoms. The van der Waals surface area contributed by atoms with Crippen molar-refractivity contribution in [2.24, 2.45) is 11.8 Å². The first-order valence-electron chi connectivity index (χ1n) is 9.15. The van der Waals surface area contributed by atoms with Crippen LogP contribution in [-0.2, 0) is 14.3 Å². The Morgan fingerprint density at radius 1 is 1.29 bits per heavy atom. The van der Waals surface area contributed by atoms with Gasteiger partial charge in [-0.05, 0) is 20.8 Å². The third-order valence-corrected chi connectivity index (χ3v) is 4.86. The van der Waals surface area contributed by atoms with E-state index in [0.29, 0.717) is 44.5 Å². The summed E-state index contributed by atoms with van der Waals surface area (Å²) in [5.41, 5.74) is -0.244. The molecule has 10 nitrogen and oxygen atoms in total. The fourth-order valence-corrected chi connectivity index (χ4v) is 3.34. The molecule has 0 amide bonds. The fourth-order valence-electron chi connectivity index (χ4n) is 2.82. The second-order valence-electron chi connectivity index (χ2n) is 7.74. The maximum atomic E-state index is 11.7. The van der Waals surface area contributed by atoms with Gasteiger partial charge in [0.2, 0.25) is 5.82 Å². The van der Waals surface area contributed by atoms with Crippen LogP contribution < -0.4 is 15.0 Å². The predicted octanol–water partition coefficient (Wildman–Crippen LogP) is 0.933. The zero-order valence-corrected chi connectivity index (χ0v) is 17.2. The van der Waals surface area contributed by atoms with E-state index in [9.17, 15) is 14.7 Å². The maximum absolute atomic E-state index is 11.7. The molecule has 1 unspecified atom stereocenters. The van der Waals surface area contributed by atoms with E-state index in [0.717, 1.165) is 11.7 Å². The van der Waals surface area contributed by atoms with Gasteiger partial charge >= 0.3 is 11.9 Å². The van der Waals surface area contributed by atoms with E-state index in [1.54, 1.807) is 0 Å². The van der Waals surface area contributed by atoms with Gasteiger partial charge in [0.15, 0.2) is 0 Å². The Labute approximate surface area is 168 Å². The lowest BCUT2D eigenvalue weighted by atomic mass is 9.89. The Kier molecular flexibility index (Phi) is 7.96. The number of anilines is 1. The summed E-state index contributed by atoms with van der Waals surface area (Å²) < 4.78 is 19.6. The topological polar surface area (TPSA) is 134 Å². The number of morpholine rings is 1. The minimum Gasteiger partial charge on any atom is -0.481 e. The van der Waals surface area contributed by atoms with Gasteiger partial charge in [0, 0.05) is 31.1 Å². The summed E-state index contributed by atoms with van der Waals surface area (Å²) in [7, 11) is 0. The van der Waals surface area contributed by atoms with Gasteiger partial charge in [-0.25, -0.2) is 0 Å². The highest BCUT2D eigenvalue weighted by Gasteiger charge is 2.32. The van der Waals surface area contributed by atoms with Crippen LogP contribution in [0.3, 0.4) is 0 Å². The average molecular weight is 417 g/mol. The molecule has 0 saturated carbocycles. The fraction of sp³-hybridized carbons (Fsp3) is 0.765. The Hall–Kier alpha value is -1.98. The Balaban J connectivity index is 2.10. The molecule has 2 atom stereocenters. The molecule has 0 aromatic carbocycles. The molecule has 1 aliphatic rings. The molecule has 1 aromatic rings. The third-order valence-electron chi connectivity index (χ3n) is 4.36. The number of aromatic nitrogens is 2. The first kappa shape index (κ1) is 22.3. The maximum Gasteiger partial charge on any atom is 0.307 e. The van der Waals surface area contributed by atoms with E-state index in [1.807, 2.05) is 25.7 Å². The summed E-state index contributed by atoms with van der Waals surface area (Å²) in [5.74, 6) is -2.99. The Bertz CT molecular complexity index is 656. The molecule has 1 fully saturated rings. The van der Waals surface area contributed by atoms with E-state index in [-0.39, 0.29) is 12.1 Å². The summed E-state index contributed by atoms with van der Waals surface area (Å²) in [6.07, 6.45) is -0.471. The van der Waals surface area contributed by atoms with Crippen molar-refractivity contribution in [1.29, 1.82) is 0 Å². The number of rotatable bonds is 10. The van der Waals surface area contributed by atoms with E-state index < -0.39 is 30.2 Å². The van der Waals surface area contributed by atoms with Crippen LogP contribution in [0, 0.1) is 11.8 Å². The molecular weight excluding hydrogens is 388 g/mol. The van der Waals surface area contributed by atoms with Crippen molar-refractivity contribution in [3.8, 4) is 5.88 Å². The number of ether oxygens (including phenoxy) is 2. The highest BCUT2D eigenvalue weighted by molar-refractivity contribution is 6.99. The zero-order chi connectivity index (χ0) is 20.7. The predicted molar refractivity (Wildman–Crippen MR) is 103 cm³/mol. The van der Waals surface area contributed by atoms with E-state index in [4.69, 9.17) is 14.6 Å². The SMILES string of the molecule is CC(C)(C)NC[C@@H](COc1nsnc1N1CCOCC1)C(CC(=O)O)C(=O)O. The lowest BCUT2D eigenvalue weighted by Crippen LogP contribution is -2.44. The van der Waals surface area contributed by atoms with Crippen molar-refractivity contribution < 1.29 is 29.3 Å². The van der Waals surface area contributed by atoms with Gasteiger partial charge in [-0.15, -0.1) is 4.37 Å². The number of carbonyl (C=O) groups is 2. The zero-order valence-electron chi connectivity index (χ0n) is 16.4. The first-order valence-corrected chi connectivity index (χ1v) is 9.88. The minimum atomic E-state index is -1.16. The molecule has 2 heterocycles. The molecule has 1 aliphatic heterocycles. The Morgan fingerprint density at radius 3 is 2.54 bits per heavy atom. The largest absolute Gasteiger partial charge is 0.481 e. The molecule has 0 aliphatic carbocycles. The number of nitrogens with zero attached hydrogens (tertiary/aromatic N) is 3. The van der Waals surface area contributed by atoms with Crippen LogP contribution in [0.1, 0.15) is 27.2 Å². The molecule has 0 radical (unpaired) electrons. The molecule has 3 N–H and O–H groups in total. The summed E-state index contributed by atoms with van der Waals surface area (Å²) >= 11 is 1.02. The first-order chi connectivity index (χ1) is 13.2. The van der Waals surface area contributed by atoms with Crippen molar-refractivity contribution in [3.63, 3.8) is 0 Å². The van der Waals surface area contributed by atoms with Crippen LogP contribution in [0.15, 0.2) is 0 Å². The number of hydrogen-bond donors (Lipinski definition) is 3. The van der Waals surface area contributed by atoms with Gasteiger partial charge in [-0.2, -0.15) is 4.37 Å². The smallest absolute Gasteiger partial charge is 0.307 e. The number of carboxylic acid groups (broad SMARTS) is 2. The van der Waals surface area contributed by atoms with Crippen molar-refractivity contribution in [1.82, 2.24) is 14.1 Å². The standard InChI is InChI=1S/C17H28N4O6S/c1-17(2,3)18-9-11(12(16(24)25)8-13(22)23)10-27-15-14(19-28-20-15)21-4-6-26-7-5-21/h11-12,18H,4-10H2,1-3H3,(H,22,23)(H,24,25)/t11-,12?/m0/s1. The monoisotopic (exact) mass is 416 g/mol. The third kappa shape index (κ3) is 6.88. The van der Waals surface area contributed by atoms with Crippen LogP contribution in [-0.4, -0.2) is 75.9 Å². The molecule has 1 aromatic heterocycles. The second-order valence-corrected chi connectivity index (χ2v) is 8.27. The summed E-state index contributed by atoms with van der Waals surface area (Å²) in [4.78, 5) is 24.8. The van der Waals surface area contributed by atoms with Gasteiger partial charge in [0.25, 0.3) is 5.88 Å². The normalized spacial score (nSPS) is 17.2. The van der Waals surface area contributed by atoms with Crippen molar-refractivity contribution >= 4 is 29.5 Å². The van der Waals surface area contributed by atoms with Crippen LogP contribution in [0.25, 0.3) is 0 Å². The van der Waals surface area contributed by atoms with Gasteiger partial charge in [-0.3, -0.25) is 9.59 Å². The van der Waals surface area contributed by atoms with Crippen molar-refractivity contribution in [2.75, 3.05) is 44.4 Å². The number of aliphatic carboxylic acids is 2. The van der Waals surface area contributed by atoms with Gasteiger partial charge in [0.05, 0.1) is 43.9 Å². The molecule has 2 rings (SSSR count). The van der Waals surface area contributed by atoms with Crippen molar-refractivity contribution in [3.05, 3.63) is 0 Å². The highest BCUT2D eigenvalue weighted by atomic mass is 32.1. The average Bonchev–Trinajstić information content (AvgIpc) is 3.08. The molecule has 1 saturated heterocycles. The number of nitrogens with one attached hydrogen (secondary N) is 1. The number of hydrogen-bond acceptors (Lipinski definition) is 9. The van der Waals surface area contributed by atoms with Gasteiger partial charge in [-0.1, -0.05) is 0 Å². The van der Waals surface area contributed by atoms with E-state index in [1.165, 1.54) is 0 Å². The molecule has 0 bridgehead atoms. The molecule has 28 heavy (non-hydrogen) atoms. The van der Waals surface area contributed by atoms with Crippen LogP contribution in [0.2, 0.25) is 0 Å². The quantitative estimate of drug-likeness (QED) is 0.506. The summed E-state index contributed by atoms with van der Waals surface area (Å²) in [6.45, 7) is 8.73.